The number of nitrogen functional groups attached to an aromatic ring is 1. The second kappa shape index (κ2) is 6.07. The Morgan fingerprint density at radius 1 is 1.26 bits per heavy atom. The molecule has 0 bridgehead atoms. The normalized spacial score (nSPS) is 11.1. The zero-order chi connectivity index (χ0) is 17.2. The number of carbonyl (C=O) groups excluding carboxylic acids is 1. The molecule has 2 rings (SSSR count). The lowest BCUT2D eigenvalue weighted by Gasteiger charge is -2.10. The summed E-state index contributed by atoms with van der Waals surface area (Å²) in [5.41, 5.74) is 6.58. The number of halogens is 3. The number of nitrogens with two attached hydrogens (primary N) is 1. The lowest BCUT2D eigenvalue weighted by molar-refractivity contribution is -0.274. The first kappa shape index (κ1) is 16.5. The smallest absolute Gasteiger partial charge is 0.406 e. The van der Waals surface area contributed by atoms with E-state index >= 15 is 0 Å². The Balaban J connectivity index is 2.42. The minimum absolute atomic E-state index is 0.0609. The molecule has 2 aromatic rings. The molecule has 2 N–H and O–H groups in total. The van der Waals surface area contributed by atoms with Gasteiger partial charge in [0.15, 0.2) is 11.6 Å². The van der Waals surface area contributed by atoms with Crippen LogP contribution < -0.4 is 10.5 Å². The van der Waals surface area contributed by atoms with Gasteiger partial charge in [0.25, 0.3) is 0 Å². The van der Waals surface area contributed by atoms with E-state index in [4.69, 9.17) is 5.73 Å². The molecule has 0 aliphatic heterocycles. The van der Waals surface area contributed by atoms with E-state index in [1.54, 1.807) is 0 Å². The molecule has 0 aliphatic rings. The summed E-state index contributed by atoms with van der Waals surface area (Å²) >= 11 is 0. The maximum atomic E-state index is 12.1. The van der Waals surface area contributed by atoms with Crippen molar-refractivity contribution in [2.24, 2.45) is 0 Å². The number of Topliss-reactive ketones (excluding diaryl/α,β-unsaturated/α-hetero) is 1. The van der Waals surface area contributed by atoms with E-state index in [1.165, 1.54) is 25.1 Å². The van der Waals surface area contributed by atoms with Crippen LogP contribution in [-0.2, 0) is 0 Å². The number of hydrogen-bond acceptors (Lipinski definition) is 5. The lowest BCUT2D eigenvalue weighted by atomic mass is 10.1. The van der Waals surface area contributed by atoms with Crippen LogP contribution in [-0.4, -0.2) is 22.1 Å². The van der Waals surface area contributed by atoms with Crippen LogP contribution in [0.4, 0.5) is 19.0 Å². The third kappa shape index (κ3) is 3.85. The fourth-order valence-electron chi connectivity index (χ4n) is 1.89. The Bertz CT molecular complexity index is 756. The topological polar surface area (TPSA) is 78.1 Å². The summed E-state index contributed by atoms with van der Waals surface area (Å²) in [5.74, 6) is -0.515. The molecule has 8 heteroatoms. The molecule has 0 amide bonds. The van der Waals surface area contributed by atoms with Gasteiger partial charge in [0.2, 0.25) is 0 Å². The predicted octanol–water partition coefficient (Wildman–Crippen LogP) is 3.47. The van der Waals surface area contributed by atoms with Crippen molar-refractivity contribution in [3.63, 3.8) is 0 Å². The van der Waals surface area contributed by atoms with Crippen LogP contribution in [0.1, 0.15) is 23.0 Å². The van der Waals surface area contributed by atoms with Crippen LogP contribution in [0.3, 0.4) is 0 Å². The highest BCUT2D eigenvalue weighted by Crippen LogP contribution is 2.26. The van der Waals surface area contributed by atoms with Gasteiger partial charge < -0.3 is 10.5 Å². The molecular weight excluding hydrogens is 311 g/mol. The fourth-order valence-corrected chi connectivity index (χ4v) is 1.89. The summed E-state index contributed by atoms with van der Waals surface area (Å²) in [6, 6.07) is 4.93. The van der Waals surface area contributed by atoms with E-state index in [0.717, 1.165) is 12.1 Å². The van der Waals surface area contributed by atoms with Gasteiger partial charge >= 0.3 is 6.36 Å². The molecule has 0 saturated heterocycles. The molecule has 0 spiro atoms. The number of rotatable bonds is 4. The fraction of sp³-hybridized carbons (Fsp3) is 0.133. The summed E-state index contributed by atoms with van der Waals surface area (Å²) in [6.07, 6.45) is -3.40. The summed E-state index contributed by atoms with van der Waals surface area (Å²) in [4.78, 5) is 19.8. The van der Waals surface area contributed by atoms with Crippen LogP contribution in [0.15, 0.2) is 30.8 Å². The number of ketones is 1. The minimum Gasteiger partial charge on any atom is -0.406 e. The molecule has 0 aliphatic carbocycles. The van der Waals surface area contributed by atoms with Crippen LogP contribution in [0.25, 0.3) is 17.5 Å². The van der Waals surface area contributed by atoms with Crippen LogP contribution in [0, 0.1) is 0 Å². The second-order valence-electron chi connectivity index (χ2n) is 4.53. The van der Waals surface area contributed by atoms with Crippen molar-refractivity contribution >= 4 is 17.7 Å². The number of nitrogens with zero attached hydrogens (tertiary/aromatic N) is 2. The van der Waals surface area contributed by atoms with E-state index in [1.807, 2.05) is 0 Å². The largest absolute Gasteiger partial charge is 0.573 e. The standard InChI is InChI=1S/C15H12F3N3O2/c1-3-11-12(8(2)22)20-14(21-13(11)19)9-4-6-10(7-5-9)23-15(16,17)18/h3-7H,1H2,2H3,(H2,19,20,21). The molecule has 0 fully saturated rings. The molecule has 1 aromatic heterocycles. The second-order valence-corrected chi connectivity index (χ2v) is 4.53. The van der Waals surface area contributed by atoms with Crippen molar-refractivity contribution < 1.29 is 22.7 Å². The summed E-state index contributed by atoms with van der Waals surface area (Å²) < 4.78 is 40.2. The zero-order valence-electron chi connectivity index (χ0n) is 12.0. The third-order valence-corrected chi connectivity index (χ3v) is 2.86. The van der Waals surface area contributed by atoms with Crippen molar-refractivity contribution in [1.29, 1.82) is 0 Å². The number of hydrogen-bond donors (Lipinski definition) is 1. The SMILES string of the molecule is C=Cc1c(N)nc(-c2ccc(OC(F)(F)F)cc2)nc1C(C)=O. The minimum atomic E-state index is -4.77. The van der Waals surface area contributed by atoms with E-state index in [-0.39, 0.29) is 28.9 Å². The summed E-state index contributed by atoms with van der Waals surface area (Å²) in [7, 11) is 0. The van der Waals surface area contributed by atoms with Gasteiger partial charge in [-0.15, -0.1) is 13.2 Å². The van der Waals surface area contributed by atoms with Gasteiger partial charge in [-0.1, -0.05) is 12.7 Å². The quantitative estimate of drug-likeness (QED) is 0.872. The maximum absolute atomic E-state index is 12.1. The van der Waals surface area contributed by atoms with Gasteiger partial charge in [-0.25, -0.2) is 9.97 Å². The molecule has 0 radical (unpaired) electrons. The van der Waals surface area contributed by atoms with Gasteiger partial charge in [0.1, 0.15) is 17.3 Å². The van der Waals surface area contributed by atoms with Crippen LogP contribution in [0.2, 0.25) is 0 Å². The van der Waals surface area contributed by atoms with Crippen molar-refractivity contribution in [2.75, 3.05) is 5.73 Å². The zero-order valence-corrected chi connectivity index (χ0v) is 12.0. The Labute approximate surface area is 129 Å². The molecule has 0 saturated carbocycles. The van der Waals surface area contributed by atoms with Gasteiger partial charge in [-0.05, 0) is 24.3 Å². The maximum Gasteiger partial charge on any atom is 0.573 e. The Morgan fingerprint density at radius 3 is 2.35 bits per heavy atom. The van der Waals surface area contributed by atoms with Gasteiger partial charge in [0, 0.05) is 18.1 Å². The molecule has 0 atom stereocenters. The number of carbonyl (C=O) groups is 1. The first-order valence-corrected chi connectivity index (χ1v) is 6.38. The van der Waals surface area contributed by atoms with E-state index in [0.29, 0.717) is 11.1 Å². The van der Waals surface area contributed by atoms with Gasteiger partial charge in [-0.3, -0.25) is 4.79 Å². The third-order valence-electron chi connectivity index (χ3n) is 2.86. The van der Waals surface area contributed by atoms with Crippen LogP contribution in [0.5, 0.6) is 5.75 Å². The van der Waals surface area contributed by atoms with Crippen molar-refractivity contribution in [2.45, 2.75) is 13.3 Å². The van der Waals surface area contributed by atoms with E-state index in [9.17, 15) is 18.0 Å². The Hall–Kier alpha value is -2.90. The van der Waals surface area contributed by atoms with E-state index < -0.39 is 6.36 Å². The van der Waals surface area contributed by atoms with Crippen LogP contribution >= 0.6 is 0 Å². The molecule has 0 unspecified atom stereocenters. The van der Waals surface area contributed by atoms with Crippen molar-refractivity contribution in [3.8, 4) is 17.1 Å². The highest BCUT2D eigenvalue weighted by atomic mass is 19.4. The van der Waals surface area contributed by atoms with Crippen molar-refractivity contribution in [1.82, 2.24) is 9.97 Å². The summed E-state index contributed by atoms with van der Waals surface area (Å²) in [6.45, 7) is 4.87. The molecule has 5 nitrogen and oxygen atoms in total. The predicted molar refractivity (Wildman–Crippen MR) is 78.7 cm³/mol. The molecule has 120 valence electrons. The molecule has 1 heterocycles. The highest BCUT2D eigenvalue weighted by Gasteiger charge is 2.31. The molecule has 23 heavy (non-hydrogen) atoms. The first-order valence-electron chi connectivity index (χ1n) is 6.38. The van der Waals surface area contributed by atoms with Gasteiger partial charge in [0.05, 0.1) is 0 Å². The van der Waals surface area contributed by atoms with E-state index in [2.05, 4.69) is 21.3 Å². The number of anilines is 1. The number of aromatic nitrogens is 2. The van der Waals surface area contributed by atoms with Crippen molar-refractivity contribution in [3.05, 3.63) is 42.1 Å². The number of ether oxygens (including phenoxy) is 1. The Morgan fingerprint density at radius 2 is 1.87 bits per heavy atom. The molecular formula is C15H12F3N3O2. The first-order chi connectivity index (χ1) is 10.7. The molecule has 1 aromatic carbocycles. The average Bonchev–Trinajstić information content (AvgIpc) is 2.45. The van der Waals surface area contributed by atoms with Gasteiger partial charge in [-0.2, -0.15) is 0 Å². The number of alkyl halides is 3. The lowest BCUT2D eigenvalue weighted by Crippen LogP contribution is -2.17. The highest BCUT2D eigenvalue weighted by molar-refractivity contribution is 5.97. The Kier molecular flexibility index (Phi) is 4.35. The summed E-state index contributed by atoms with van der Waals surface area (Å²) in [5, 5.41) is 0. The number of benzene rings is 1. The monoisotopic (exact) mass is 323 g/mol. The average molecular weight is 323 g/mol.